The van der Waals surface area contributed by atoms with Crippen molar-refractivity contribution in [3.05, 3.63) is 35.7 Å². The molecule has 0 aliphatic carbocycles. The van der Waals surface area contributed by atoms with Crippen LogP contribution in [0, 0.1) is 13.8 Å². The van der Waals surface area contributed by atoms with E-state index in [4.69, 9.17) is 9.57 Å². The molecule has 2 aliphatic heterocycles. The Labute approximate surface area is 135 Å². The lowest BCUT2D eigenvalue weighted by Gasteiger charge is -2.19. The van der Waals surface area contributed by atoms with Gasteiger partial charge >= 0.3 is 0 Å². The summed E-state index contributed by atoms with van der Waals surface area (Å²) >= 11 is 0. The first kappa shape index (κ1) is 15.4. The number of hydrogen-bond acceptors (Lipinski definition) is 7. The molecule has 0 amide bonds. The number of nitrogens with zero attached hydrogens (tertiary/aromatic N) is 5. The van der Waals surface area contributed by atoms with Crippen LogP contribution < -0.4 is 15.0 Å². The molecule has 1 aromatic carbocycles. The van der Waals surface area contributed by atoms with Crippen molar-refractivity contribution in [2.75, 3.05) is 20.2 Å². The van der Waals surface area contributed by atoms with Crippen LogP contribution in [0.1, 0.15) is 17.5 Å². The average Bonchev–Trinajstić information content (AvgIpc) is 3.18. The molecule has 1 unspecified atom stereocenters. The van der Waals surface area contributed by atoms with Crippen LogP contribution in [0.3, 0.4) is 0 Å². The molecular formula is C15H21N6O2+. The molecule has 3 rings (SSSR count). The minimum atomic E-state index is 0.0922. The molecule has 0 saturated carbocycles. The minimum absolute atomic E-state index is 0.0922. The van der Waals surface area contributed by atoms with Gasteiger partial charge in [0.2, 0.25) is 6.34 Å². The SMILES string of the molecule is Cc1cc([N+]2(C)N=CN=N2)cc(C)c1OCCCN1C=CON1. The quantitative estimate of drug-likeness (QED) is 0.646. The highest BCUT2D eigenvalue weighted by molar-refractivity contribution is 5.60. The second kappa shape index (κ2) is 6.35. The number of benzene rings is 1. The predicted octanol–water partition coefficient (Wildman–Crippen LogP) is 2.56. The maximum absolute atomic E-state index is 5.96. The third kappa shape index (κ3) is 3.33. The molecule has 0 saturated heterocycles. The summed E-state index contributed by atoms with van der Waals surface area (Å²) in [6, 6.07) is 4.09. The Hall–Kier alpha value is -2.45. The molecule has 8 nitrogen and oxygen atoms in total. The van der Waals surface area contributed by atoms with Crippen LogP contribution in [-0.4, -0.2) is 31.5 Å². The van der Waals surface area contributed by atoms with Gasteiger partial charge in [0.25, 0.3) is 0 Å². The normalized spacial score (nSPS) is 22.0. The topological polar surface area (TPSA) is 70.8 Å². The average molecular weight is 317 g/mol. The highest BCUT2D eigenvalue weighted by Gasteiger charge is 2.30. The van der Waals surface area contributed by atoms with Gasteiger partial charge in [-0.3, -0.25) is 5.01 Å². The van der Waals surface area contributed by atoms with Crippen LogP contribution in [-0.2, 0) is 4.84 Å². The summed E-state index contributed by atoms with van der Waals surface area (Å²) in [6.07, 6.45) is 5.81. The van der Waals surface area contributed by atoms with E-state index in [1.165, 1.54) is 6.34 Å². The number of rotatable bonds is 6. The molecule has 23 heavy (non-hydrogen) atoms. The fraction of sp³-hybridized carbons (Fsp3) is 0.400. The Bertz CT molecular complexity index is 635. The van der Waals surface area contributed by atoms with Crippen LogP contribution in [0.5, 0.6) is 5.75 Å². The van der Waals surface area contributed by atoms with E-state index in [9.17, 15) is 0 Å². The van der Waals surface area contributed by atoms with Gasteiger partial charge in [-0.1, -0.05) is 10.7 Å². The summed E-state index contributed by atoms with van der Waals surface area (Å²) < 4.78 is 6.05. The number of nitrogens with one attached hydrogen (secondary N) is 1. The van der Waals surface area contributed by atoms with E-state index in [2.05, 4.69) is 21.0 Å². The number of hydrazine groups is 1. The Morgan fingerprint density at radius 3 is 2.70 bits per heavy atom. The smallest absolute Gasteiger partial charge is 0.202 e. The lowest BCUT2D eigenvalue weighted by atomic mass is 10.1. The number of hydrogen-bond donors (Lipinski definition) is 1. The van der Waals surface area contributed by atoms with E-state index in [-0.39, 0.29) is 4.70 Å². The van der Waals surface area contributed by atoms with Gasteiger partial charge in [-0.2, -0.15) is 0 Å². The van der Waals surface area contributed by atoms with Crippen LogP contribution >= 0.6 is 0 Å². The van der Waals surface area contributed by atoms with E-state index < -0.39 is 0 Å². The maximum Gasteiger partial charge on any atom is 0.202 e. The third-order valence-electron chi connectivity index (χ3n) is 3.76. The maximum atomic E-state index is 5.96. The molecule has 0 aromatic heterocycles. The first-order valence-electron chi connectivity index (χ1n) is 7.51. The van der Waals surface area contributed by atoms with Crippen molar-refractivity contribution in [3.63, 3.8) is 0 Å². The van der Waals surface area contributed by atoms with Gasteiger partial charge in [0, 0.05) is 25.1 Å². The van der Waals surface area contributed by atoms with Gasteiger partial charge in [-0.25, -0.2) is 0 Å². The molecule has 1 aromatic rings. The minimum Gasteiger partial charge on any atom is -0.493 e. The Morgan fingerprint density at radius 2 is 2.09 bits per heavy atom. The summed E-state index contributed by atoms with van der Waals surface area (Å²) in [6.45, 7) is 5.52. The molecule has 2 aliphatic rings. The molecule has 8 heteroatoms. The van der Waals surface area contributed by atoms with E-state index in [0.29, 0.717) is 6.61 Å². The fourth-order valence-electron chi connectivity index (χ4n) is 2.55. The van der Waals surface area contributed by atoms with E-state index in [1.54, 1.807) is 6.26 Å². The van der Waals surface area contributed by atoms with Crippen molar-refractivity contribution in [2.24, 2.45) is 15.4 Å². The molecular weight excluding hydrogens is 296 g/mol. The van der Waals surface area contributed by atoms with Crippen LogP contribution in [0.2, 0.25) is 0 Å². The molecule has 0 radical (unpaired) electrons. The molecule has 122 valence electrons. The van der Waals surface area contributed by atoms with Crippen molar-refractivity contribution in [2.45, 2.75) is 20.3 Å². The van der Waals surface area contributed by atoms with Gasteiger partial charge in [-0.15, -0.1) is 0 Å². The van der Waals surface area contributed by atoms with Crippen molar-refractivity contribution in [3.8, 4) is 5.75 Å². The standard InChI is InChI=1S/C15H21N6O2/c1-12-9-14(21(3)17-11-16-18-21)10-13(2)15(12)22-7-4-5-20-6-8-23-19-20/h6,8-11,19H,4-5,7H2,1-3H3/q+1. The summed E-state index contributed by atoms with van der Waals surface area (Å²) in [5, 5.41) is 14.1. The van der Waals surface area contributed by atoms with Crippen molar-refractivity contribution < 1.29 is 9.57 Å². The van der Waals surface area contributed by atoms with Crippen molar-refractivity contribution in [1.82, 2.24) is 15.3 Å². The second-order valence-electron chi connectivity index (χ2n) is 5.65. The third-order valence-corrected chi connectivity index (χ3v) is 3.76. The largest absolute Gasteiger partial charge is 0.493 e. The molecule has 0 fully saturated rings. The Kier molecular flexibility index (Phi) is 4.26. The number of ether oxygens (including phenoxy) is 1. The van der Waals surface area contributed by atoms with Gasteiger partial charge in [0.05, 0.1) is 18.0 Å². The van der Waals surface area contributed by atoms with Crippen molar-refractivity contribution in [1.29, 1.82) is 0 Å². The highest BCUT2D eigenvalue weighted by Crippen LogP contribution is 2.33. The summed E-state index contributed by atoms with van der Waals surface area (Å²) in [5.41, 5.74) is 5.86. The van der Waals surface area contributed by atoms with Crippen LogP contribution in [0.15, 0.2) is 40.0 Å². The second-order valence-corrected chi connectivity index (χ2v) is 5.65. The number of aryl methyl sites for hydroxylation is 2. The summed E-state index contributed by atoms with van der Waals surface area (Å²) in [5.74, 6) is 0.918. The lowest BCUT2D eigenvalue weighted by molar-refractivity contribution is 0.0335. The van der Waals surface area contributed by atoms with Gasteiger partial charge in [0.1, 0.15) is 19.1 Å². The Morgan fingerprint density at radius 1 is 1.30 bits per heavy atom. The fourth-order valence-corrected chi connectivity index (χ4v) is 2.55. The zero-order valence-corrected chi connectivity index (χ0v) is 13.6. The van der Waals surface area contributed by atoms with Gasteiger partial charge in [0.15, 0.2) is 5.69 Å². The zero-order valence-electron chi connectivity index (χ0n) is 13.6. The monoisotopic (exact) mass is 317 g/mol. The van der Waals surface area contributed by atoms with Crippen molar-refractivity contribution >= 4 is 12.0 Å². The number of quaternary nitrogens is 1. The lowest BCUT2D eigenvalue weighted by Crippen LogP contribution is -2.30. The molecule has 1 N–H and O–H groups in total. The van der Waals surface area contributed by atoms with Crippen LogP contribution in [0.4, 0.5) is 5.69 Å². The van der Waals surface area contributed by atoms with Crippen LogP contribution in [0.25, 0.3) is 0 Å². The van der Waals surface area contributed by atoms with Gasteiger partial charge < -0.3 is 9.57 Å². The highest BCUT2D eigenvalue weighted by atomic mass is 16.7. The van der Waals surface area contributed by atoms with E-state index in [0.717, 1.165) is 35.5 Å². The first-order chi connectivity index (χ1) is 11.1. The molecule has 1 atom stereocenters. The molecule has 0 bridgehead atoms. The Balaban J connectivity index is 1.62. The van der Waals surface area contributed by atoms with E-state index in [1.807, 2.05) is 44.2 Å². The molecule has 2 heterocycles. The summed E-state index contributed by atoms with van der Waals surface area (Å²) in [7, 11) is 1.89. The molecule has 0 spiro atoms. The van der Waals surface area contributed by atoms with Gasteiger partial charge in [-0.05, 0) is 34.8 Å². The van der Waals surface area contributed by atoms with E-state index >= 15 is 0 Å². The summed E-state index contributed by atoms with van der Waals surface area (Å²) in [4.78, 5) is 4.91. The first-order valence-corrected chi connectivity index (χ1v) is 7.51. The predicted molar refractivity (Wildman–Crippen MR) is 87.2 cm³/mol. The zero-order chi connectivity index (χ0) is 16.3.